The summed E-state index contributed by atoms with van der Waals surface area (Å²) in [6, 6.07) is 19.1. The molecule has 0 unspecified atom stereocenters. The zero-order chi connectivity index (χ0) is 26.4. The summed E-state index contributed by atoms with van der Waals surface area (Å²) < 4.78 is 55.9. The maximum Gasteiger partial charge on any atom is 0.416 e. The first-order valence-electron chi connectivity index (χ1n) is 11.1. The Kier molecular flexibility index (Phi) is 7.98. The Balaban J connectivity index is 1.53. The van der Waals surface area contributed by atoms with E-state index in [2.05, 4.69) is 4.98 Å². The third-order valence-corrected chi connectivity index (χ3v) is 6.34. The van der Waals surface area contributed by atoms with Crippen LogP contribution in [0.5, 0.6) is 17.2 Å². The first kappa shape index (κ1) is 26.0. The third-order valence-electron chi connectivity index (χ3n) is 5.22. The molecule has 0 aliphatic carbocycles. The van der Waals surface area contributed by atoms with Crippen molar-refractivity contribution in [3.05, 3.63) is 94.5 Å². The topological polar surface area (TPSA) is 77.9 Å². The zero-order valence-corrected chi connectivity index (χ0v) is 20.4. The minimum absolute atomic E-state index is 0.153. The maximum atomic E-state index is 13.0. The largest absolute Gasteiger partial charge is 0.488 e. The lowest BCUT2D eigenvalue weighted by atomic mass is 10.1. The van der Waals surface area contributed by atoms with Crippen LogP contribution in [0.15, 0.2) is 72.8 Å². The molecule has 4 aromatic rings. The van der Waals surface area contributed by atoms with Crippen LogP contribution in [-0.4, -0.2) is 22.7 Å². The van der Waals surface area contributed by atoms with Crippen molar-refractivity contribution >= 4 is 17.3 Å². The monoisotopic (exact) mass is 529 g/mol. The van der Waals surface area contributed by atoms with E-state index < -0.39 is 24.3 Å². The number of halogens is 3. The second kappa shape index (κ2) is 11.3. The Morgan fingerprint density at radius 2 is 1.62 bits per heavy atom. The van der Waals surface area contributed by atoms with Gasteiger partial charge in [0.1, 0.15) is 35.5 Å². The van der Waals surface area contributed by atoms with E-state index in [1.54, 1.807) is 25.1 Å². The number of para-hydroxylation sites is 1. The third kappa shape index (κ3) is 7.01. The number of aryl methyl sites for hydroxylation is 1. The van der Waals surface area contributed by atoms with Gasteiger partial charge in [-0.1, -0.05) is 30.3 Å². The molecule has 0 radical (unpaired) electrons. The van der Waals surface area contributed by atoms with E-state index in [0.717, 1.165) is 17.0 Å². The fraction of sp³-hybridized carbons (Fsp3) is 0.185. The number of alkyl halides is 3. The van der Waals surface area contributed by atoms with Gasteiger partial charge in [-0.2, -0.15) is 13.2 Å². The molecule has 0 spiro atoms. The quantitative estimate of drug-likeness (QED) is 0.245. The molecule has 3 aromatic carbocycles. The molecule has 0 saturated carbocycles. The van der Waals surface area contributed by atoms with Gasteiger partial charge in [-0.3, -0.25) is 0 Å². The van der Waals surface area contributed by atoms with Gasteiger partial charge in [0.05, 0.1) is 16.1 Å². The minimum atomic E-state index is -4.42. The Bertz CT molecular complexity index is 1350. The summed E-state index contributed by atoms with van der Waals surface area (Å²) in [4.78, 5) is 16.1. The number of carboxylic acid groups (broad SMARTS) is 1. The number of nitrogens with zero attached hydrogens (tertiary/aromatic N) is 1. The Morgan fingerprint density at radius 1 is 0.919 bits per heavy atom. The van der Waals surface area contributed by atoms with E-state index in [-0.39, 0.29) is 13.2 Å². The number of hydrogen-bond donors (Lipinski definition) is 1. The van der Waals surface area contributed by atoms with Gasteiger partial charge in [0, 0.05) is 5.56 Å². The van der Waals surface area contributed by atoms with E-state index in [4.69, 9.17) is 19.3 Å². The smallest absolute Gasteiger partial charge is 0.416 e. The summed E-state index contributed by atoms with van der Waals surface area (Å²) in [6.07, 6.45) is -4.42. The second-order valence-corrected chi connectivity index (χ2v) is 9.05. The van der Waals surface area contributed by atoms with Crippen LogP contribution in [-0.2, 0) is 24.2 Å². The Morgan fingerprint density at radius 3 is 2.27 bits per heavy atom. The molecule has 0 atom stereocenters. The summed E-state index contributed by atoms with van der Waals surface area (Å²) in [5.41, 5.74) is 1.15. The molecule has 1 N–H and O–H groups in total. The SMILES string of the molecule is Cc1cc(OCc2sc(-c3ccc(C(F)(F)F)cc3)nc2COc2ccccc2)ccc1OCC(=O)O. The molecular formula is C27H22F3NO5S. The molecule has 192 valence electrons. The van der Waals surface area contributed by atoms with Crippen LogP contribution in [0.25, 0.3) is 10.6 Å². The van der Waals surface area contributed by atoms with Crippen LogP contribution in [0.2, 0.25) is 0 Å². The van der Waals surface area contributed by atoms with Gasteiger partial charge in [0.25, 0.3) is 0 Å². The van der Waals surface area contributed by atoms with E-state index in [1.807, 2.05) is 30.3 Å². The first-order chi connectivity index (χ1) is 17.7. The zero-order valence-electron chi connectivity index (χ0n) is 19.6. The van der Waals surface area contributed by atoms with Gasteiger partial charge >= 0.3 is 12.1 Å². The van der Waals surface area contributed by atoms with Crippen molar-refractivity contribution < 1.29 is 37.3 Å². The molecule has 0 bridgehead atoms. The fourth-order valence-electron chi connectivity index (χ4n) is 3.36. The van der Waals surface area contributed by atoms with Gasteiger partial charge < -0.3 is 19.3 Å². The van der Waals surface area contributed by atoms with Crippen molar-refractivity contribution in [2.24, 2.45) is 0 Å². The van der Waals surface area contributed by atoms with Crippen molar-refractivity contribution in [3.8, 4) is 27.8 Å². The highest BCUT2D eigenvalue weighted by molar-refractivity contribution is 7.15. The highest BCUT2D eigenvalue weighted by Gasteiger charge is 2.30. The van der Waals surface area contributed by atoms with Crippen molar-refractivity contribution in [1.29, 1.82) is 0 Å². The van der Waals surface area contributed by atoms with Crippen LogP contribution in [0, 0.1) is 6.92 Å². The summed E-state index contributed by atoms with van der Waals surface area (Å²) in [5.74, 6) is 0.568. The number of hydrogen-bond acceptors (Lipinski definition) is 6. The van der Waals surface area contributed by atoms with Crippen LogP contribution in [0.3, 0.4) is 0 Å². The van der Waals surface area contributed by atoms with E-state index >= 15 is 0 Å². The standard InChI is InChI=1S/C27H22F3NO5S/c1-17-13-21(11-12-23(17)36-16-25(32)33)35-15-24-22(14-34-20-5-3-2-4-6-20)31-26(37-24)18-7-9-19(10-8-18)27(28,29)30/h2-13H,14-16H2,1H3,(H,32,33). The van der Waals surface area contributed by atoms with Crippen LogP contribution in [0.4, 0.5) is 13.2 Å². The average molecular weight is 530 g/mol. The molecule has 37 heavy (non-hydrogen) atoms. The van der Waals surface area contributed by atoms with Crippen molar-refractivity contribution in [3.63, 3.8) is 0 Å². The highest BCUT2D eigenvalue weighted by atomic mass is 32.1. The van der Waals surface area contributed by atoms with Crippen molar-refractivity contribution in [2.45, 2.75) is 26.3 Å². The lowest BCUT2D eigenvalue weighted by Crippen LogP contribution is -2.10. The Labute approximate surface area is 214 Å². The first-order valence-corrected chi connectivity index (χ1v) is 11.9. The molecule has 1 heterocycles. The van der Waals surface area contributed by atoms with Crippen molar-refractivity contribution in [2.75, 3.05) is 6.61 Å². The maximum absolute atomic E-state index is 13.0. The molecule has 1 aromatic heterocycles. The molecule has 0 saturated heterocycles. The van der Waals surface area contributed by atoms with Crippen LogP contribution >= 0.6 is 11.3 Å². The molecule has 0 aliphatic rings. The highest BCUT2D eigenvalue weighted by Crippen LogP contribution is 2.34. The molecule has 6 nitrogen and oxygen atoms in total. The summed E-state index contributed by atoms with van der Waals surface area (Å²) in [5, 5.41) is 9.34. The predicted molar refractivity (Wildman–Crippen MR) is 132 cm³/mol. The minimum Gasteiger partial charge on any atom is -0.488 e. The molecule has 0 aliphatic heterocycles. The number of carboxylic acids is 1. The Hall–Kier alpha value is -4.05. The van der Waals surface area contributed by atoms with Crippen molar-refractivity contribution in [1.82, 2.24) is 4.98 Å². The van der Waals surface area contributed by atoms with E-state index in [9.17, 15) is 18.0 Å². The van der Waals surface area contributed by atoms with Crippen LogP contribution < -0.4 is 14.2 Å². The molecule has 0 amide bonds. The number of carbonyl (C=O) groups is 1. The van der Waals surface area contributed by atoms with Gasteiger partial charge in [-0.05, 0) is 55.0 Å². The van der Waals surface area contributed by atoms with Gasteiger partial charge in [-0.25, -0.2) is 9.78 Å². The lowest BCUT2D eigenvalue weighted by Gasteiger charge is -2.11. The number of rotatable bonds is 10. The predicted octanol–water partition coefficient (Wildman–Crippen LogP) is 6.76. The number of ether oxygens (including phenoxy) is 3. The summed E-state index contributed by atoms with van der Waals surface area (Å²) in [6.45, 7) is 1.64. The van der Waals surface area contributed by atoms with E-state index in [1.165, 1.54) is 23.5 Å². The number of aliphatic carboxylic acids is 1. The van der Waals surface area contributed by atoms with E-state index in [0.29, 0.717) is 39.1 Å². The average Bonchev–Trinajstić information content (AvgIpc) is 3.29. The number of benzene rings is 3. The molecule has 0 fully saturated rings. The van der Waals surface area contributed by atoms with Gasteiger partial charge in [-0.15, -0.1) is 11.3 Å². The normalized spacial score (nSPS) is 11.2. The molecule has 10 heteroatoms. The molecular weight excluding hydrogens is 507 g/mol. The summed E-state index contributed by atoms with van der Waals surface area (Å²) >= 11 is 1.31. The van der Waals surface area contributed by atoms with Gasteiger partial charge in [0.15, 0.2) is 6.61 Å². The lowest BCUT2D eigenvalue weighted by molar-refractivity contribution is -0.139. The second-order valence-electron chi connectivity index (χ2n) is 7.96. The fourth-order valence-corrected chi connectivity index (χ4v) is 4.35. The number of aromatic nitrogens is 1. The summed E-state index contributed by atoms with van der Waals surface area (Å²) in [7, 11) is 0. The van der Waals surface area contributed by atoms with Crippen LogP contribution in [0.1, 0.15) is 21.7 Å². The van der Waals surface area contributed by atoms with Gasteiger partial charge in [0.2, 0.25) is 0 Å². The number of thiazole rings is 1. The molecule has 4 rings (SSSR count).